The van der Waals surface area contributed by atoms with Gasteiger partial charge in [-0.2, -0.15) is 0 Å². The van der Waals surface area contributed by atoms with E-state index < -0.39 is 6.10 Å². The van der Waals surface area contributed by atoms with E-state index in [-0.39, 0.29) is 5.91 Å². The van der Waals surface area contributed by atoms with E-state index in [2.05, 4.69) is 26.0 Å². The molecule has 1 saturated heterocycles. The Morgan fingerprint density at radius 3 is 2.43 bits per heavy atom. The summed E-state index contributed by atoms with van der Waals surface area (Å²) in [5, 5.41) is 0. The molecule has 1 aliphatic rings. The van der Waals surface area contributed by atoms with Crippen molar-refractivity contribution in [3.05, 3.63) is 29.3 Å². The van der Waals surface area contributed by atoms with E-state index in [1.54, 1.807) is 0 Å². The standard InChI is InChI=1S/C18H27NO2/c1-13(2)16-9-8-14(3)12-17(16)21-15(4)18(20)19-10-6-5-7-11-19/h8-9,12-13,15H,5-7,10-11H2,1-4H3. The minimum absolute atomic E-state index is 0.117. The third-order valence-electron chi connectivity index (χ3n) is 4.11. The van der Waals surface area contributed by atoms with E-state index in [1.165, 1.54) is 12.0 Å². The first-order chi connectivity index (χ1) is 9.99. The fourth-order valence-electron chi connectivity index (χ4n) is 2.83. The predicted molar refractivity (Wildman–Crippen MR) is 85.8 cm³/mol. The van der Waals surface area contributed by atoms with Gasteiger partial charge in [0.1, 0.15) is 5.75 Å². The van der Waals surface area contributed by atoms with Gasteiger partial charge in [-0.15, -0.1) is 0 Å². The molecule has 116 valence electrons. The number of carbonyl (C=O) groups is 1. The van der Waals surface area contributed by atoms with Crippen molar-refractivity contribution in [3.8, 4) is 5.75 Å². The lowest BCUT2D eigenvalue weighted by atomic mass is 10.0. The van der Waals surface area contributed by atoms with Crippen LogP contribution in [0.4, 0.5) is 0 Å². The van der Waals surface area contributed by atoms with Crippen LogP contribution >= 0.6 is 0 Å². The number of amides is 1. The second kappa shape index (κ2) is 6.97. The van der Waals surface area contributed by atoms with Gasteiger partial charge in [0.05, 0.1) is 0 Å². The van der Waals surface area contributed by atoms with Crippen LogP contribution in [0.1, 0.15) is 57.1 Å². The number of ether oxygens (including phenoxy) is 1. The third kappa shape index (κ3) is 3.99. The summed E-state index contributed by atoms with van der Waals surface area (Å²) in [5.74, 6) is 1.35. The van der Waals surface area contributed by atoms with Crippen molar-refractivity contribution in [1.29, 1.82) is 0 Å². The molecule has 0 bridgehead atoms. The van der Waals surface area contributed by atoms with E-state index >= 15 is 0 Å². The molecule has 2 rings (SSSR count). The summed E-state index contributed by atoms with van der Waals surface area (Å²) < 4.78 is 6.01. The maximum absolute atomic E-state index is 12.5. The van der Waals surface area contributed by atoms with Gasteiger partial charge >= 0.3 is 0 Å². The maximum atomic E-state index is 12.5. The zero-order valence-corrected chi connectivity index (χ0v) is 13.7. The third-order valence-corrected chi connectivity index (χ3v) is 4.11. The number of carbonyl (C=O) groups excluding carboxylic acids is 1. The molecular formula is C18H27NO2. The number of hydrogen-bond donors (Lipinski definition) is 0. The highest BCUT2D eigenvalue weighted by molar-refractivity contribution is 5.81. The lowest BCUT2D eigenvalue weighted by Gasteiger charge is -2.29. The zero-order chi connectivity index (χ0) is 15.4. The second-order valence-electron chi connectivity index (χ2n) is 6.34. The average Bonchev–Trinajstić information content (AvgIpc) is 2.47. The van der Waals surface area contributed by atoms with Gasteiger partial charge in [0.15, 0.2) is 6.10 Å². The number of piperidine rings is 1. The first-order valence-corrected chi connectivity index (χ1v) is 8.05. The van der Waals surface area contributed by atoms with Gasteiger partial charge in [-0.25, -0.2) is 0 Å². The summed E-state index contributed by atoms with van der Waals surface area (Å²) in [6, 6.07) is 6.24. The Morgan fingerprint density at radius 2 is 1.81 bits per heavy atom. The SMILES string of the molecule is Cc1ccc(C(C)C)c(OC(C)C(=O)N2CCCCC2)c1. The smallest absolute Gasteiger partial charge is 0.263 e. The van der Waals surface area contributed by atoms with Gasteiger partial charge in [0.25, 0.3) is 5.91 Å². The van der Waals surface area contributed by atoms with Gasteiger partial charge in [-0.05, 0) is 56.2 Å². The normalized spacial score (nSPS) is 16.9. The van der Waals surface area contributed by atoms with E-state index in [9.17, 15) is 4.79 Å². The van der Waals surface area contributed by atoms with Gasteiger partial charge in [0.2, 0.25) is 0 Å². The van der Waals surface area contributed by atoms with Gasteiger partial charge in [-0.3, -0.25) is 4.79 Å². The summed E-state index contributed by atoms with van der Waals surface area (Å²) in [4.78, 5) is 14.4. The highest BCUT2D eigenvalue weighted by Crippen LogP contribution is 2.28. The van der Waals surface area contributed by atoms with Crippen LogP contribution < -0.4 is 4.74 Å². The second-order valence-corrected chi connectivity index (χ2v) is 6.34. The molecule has 3 nitrogen and oxygen atoms in total. The Kier molecular flexibility index (Phi) is 5.27. The van der Waals surface area contributed by atoms with Crippen molar-refractivity contribution in [1.82, 2.24) is 4.90 Å². The number of aryl methyl sites for hydroxylation is 1. The van der Waals surface area contributed by atoms with Crippen LogP contribution in [0, 0.1) is 6.92 Å². The van der Waals surface area contributed by atoms with Gasteiger partial charge in [-0.1, -0.05) is 26.0 Å². The molecule has 1 aromatic rings. The van der Waals surface area contributed by atoms with Crippen LogP contribution in [0.25, 0.3) is 0 Å². The average molecular weight is 289 g/mol. The minimum Gasteiger partial charge on any atom is -0.481 e. The molecule has 1 amide bonds. The molecule has 0 spiro atoms. The lowest BCUT2D eigenvalue weighted by molar-refractivity contribution is -0.138. The van der Waals surface area contributed by atoms with Crippen molar-refractivity contribution in [2.75, 3.05) is 13.1 Å². The van der Waals surface area contributed by atoms with Crippen molar-refractivity contribution in [2.24, 2.45) is 0 Å². The van der Waals surface area contributed by atoms with Crippen molar-refractivity contribution in [3.63, 3.8) is 0 Å². The molecule has 3 heteroatoms. The van der Waals surface area contributed by atoms with Crippen LogP contribution in [0.5, 0.6) is 5.75 Å². The Balaban J connectivity index is 2.09. The highest BCUT2D eigenvalue weighted by atomic mass is 16.5. The predicted octanol–water partition coefficient (Wildman–Crippen LogP) is 3.90. The number of nitrogens with zero attached hydrogens (tertiary/aromatic N) is 1. The molecule has 0 aromatic heterocycles. The summed E-state index contributed by atoms with van der Waals surface area (Å²) >= 11 is 0. The summed E-state index contributed by atoms with van der Waals surface area (Å²) in [6.07, 6.45) is 3.04. The molecule has 1 fully saturated rings. The van der Waals surface area contributed by atoms with Crippen LogP contribution in [-0.4, -0.2) is 30.0 Å². The fourth-order valence-corrected chi connectivity index (χ4v) is 2.83. The Morgan fingerprint density at radius 1 is 1.14 bits per heavy atom. The summed E-state index contributed by atoms with van der Waals surface area (Å²) in [6.45, 7) is 9.95. The Hall–Kier alpha value is -1.51. The minimum atomic E-state index is -0.414. The molecular weight excluding hydrogens is 262 g/mol. The van der Waals surface area contributed by atoms with Crippen LogP contribution in [-0.2, 0) is 4.79 Å². The molecule has 21 heavy (non-hydrogen) atoms. The lowest BCUT2D eigenvalue weighted by Crippen LogP contribution is -2.43. The number of likely N-dealkylation sites (tertiary alicyclic amines) is 1. The van der Waals surface area contributed by atoms with E-state index in [1.807, 2.05) is 24.8 Å². The van der Waals surface area contributed by atoms with Gasteiger partial charge < -0.3 is 9.64 Å². The molecule has 0 radical (unpaired) electrons. The van der Waals surface area contributed by atoms with E-state index in [0.717, 1.165) is 37.2 Å². The fraction of sp³-hybridized carbons (Fsp3) is 0.611. The highest BCUT2D eigenvalue weighted by Gasteiger charge is 2.24. The van der Waals surface area contributed by atoms with Gasteiger partial charge in [0, 0.05) is 13.1 Å². The molecule has 1 aromatic carbocycles. The molecule has 0 N–H and O–H groups in total. The number of benzene rings is 1. The Labute approximate surface area is 128 Å². The van der Waals surface area contributed by atoms with Crippen molar-refractivity contribution >= 4 is 5.91 Å². The van der Waals surface area contributed by atoms with E-state index in [0.29, 0.717) is 5.92 Å². The van der Waals surface area contributed by atoms with Crippen molar-refractivity contribution in [2.45, 2.75) is 59.0 Å². The topological polar surface area (TPSA) is 29.5 Å². The monoisotopic (exact) mass is 289 g/mol. The largest absolute Gasteiger partial charge is 0.481 e. The quantitative estimate of drug-likeness (QED) is 0.841. The number of rotatable bonds is 4. The number of hydrogen-bond acceptors (Lipinski definition) is 2. The van der Waals surface area contributed by atoms with E-state index in [4.69, 9.17) is 4.74 Å². The molecule has 1 unspecified atom stereocenters. The molecule has 1 atom stereocenters. The van der Waals surface area contributed by atoms with Crippen molar-refractivity contribution < 1.29 is 9.53 Å². The van der Waals surface area contributed by atoms with Crippen LogP contribution in [0.15, 0.2) is 18.2 Å². The Bertz CT molecular complexity index is 490. The van der Waals surface area contributed by atoms with Crippen LogP contribution in [0.3, 0.4) is 0 Å². The summed E-state index contributed by atoms with van der Waals surface area (Å²) in [5.41, 5.74) is 2.32. The molecule has 1 aliphatic heterocycles. The maximum Gasteiger partial charge on any atom is 0.263 e. The zero-order valence-electron chi connectivity index (χ0n) is 13.7. The molecule has 0 aliphatic carbocycles. The van der Waals surface area contributed by atoms with Crippen LogP contribution in [0.2, 0.25) is 0 Å². The first kappa shape index (κ1) is 15.9. The molecule has 1 heterocycles. The summed E-state index contributed by atoms with van der Waals surface area (Å²) in [7, 11) is 0. The first-order valence-electron chi connectivity index (χ1n) is 8.05. The molecule has 0 saturated carbocycles.